The normalized spacial score (nSPS) is 14.7. The summed E-state index contributed by atoms with van der Waals surface area (Å²) in [6, 6.07) is 23.2. The molecular formula is C29H27N3O4. The van der Waals surface area contributed by atoms with Gasteiger partial charge in [0, 0.05) is 19.2 Å². The van der Waals surface area contributed by atoms with E-state index in [1.165, 1.54) is 17.4 Å². The van der Waals surface area contributed by atoms with E-state index in [2.05, 4.69) is 40.6 Å². The first-order valence-electron chi connectivity index (χ1n) is 11.9. The third-order valence-corrected chi connectivity index (χ3v) is 6.32. The van der Waals surface area contributed by atoms with Crippen LogP contribution in [0, 0.1) is 6.92 Å². The minimum Gasteiger partial charge on any atom is -0.484 e. The van der Waals surface area contributed by atoms with E-state index in [9.17, 15) is 9.59 Å². The van der Waals surface area contributed by atoms with Gasteiger partial charge in [-0.1, -0.05) is 54.1 Å². The Kier molecular flexibility index (Phi) is 6.54. The highest BCUT2D eigenvalue weighted by Crippen LogP contribution is 2.37. The number of aromatic nitrogens is 1. The third kappa shape index (κ3) is 5.00. The molecule has 0 saturated carbocycles. The van der Waals surface area contributed by atoms with E-state index in [4.69, 9.17) is 9.15 Å². The number of hydrogen-bond donors (Lipinski definition) is 1. The maximum atomic E-state index is 12.5. The van der Waals surface area contributed by atoms with Crippen LogP contribution in [0.2, 0.25) is 0 Å². The Morgan fingerprint density at radius 2 is 1.86 bits per heavy atom. The van der Waals surface area contributed by atoms with Crippen LogP contribution in [0.1, 0.15) is 51.6 Å². The Labute approximate surface area is 209 Å². The largest absolute Gasteiger partial charge is 0.484 e. The van der Waals surface area contributed by atoms with E-state index in [1.807, 2.05) is 42.2 Å². The maximum Gasteiger partial charge on any atom is 0.277 e. The van der Waals surface area contributed by atoms with E-state index < -0.39 is 0 Å². The second kappa shape index (κ2) is 10.1. The number of aryl methyl sites for hydroxylation is 1. The Morgan fingerprint density at radius 1 is 1.08 bits per heavy atom. The molecule has 4 aromatic rings. The summed E-state index contributed by atoms with van der Waals surface area (Å²) in [6.45, 7) is 4.40. The van der Waals surface area contributed by atoms with Crippen molar-refractivity contribution in [3.63, 3.8) is 0 Å². The highest BCUT2D eigenvalue weighted by molar-refractivity contribution is 6.02. The van der Waals surface area contributed by atoms with Gasteiger partial charge in [-0.3, -0.25) is 9.59 Å². The number of carbonyl (C=O) groups is 2. The van der Waals surface area contributed by atoms with Crippen molar-refractivity contribution in [2.75, 3.05) is 11.9 Å². The topological polar surface area (TPSA) is 84.7 Å². The van der Waals surface area contributed by atoms with E-state index in [0.29, 0.717) is 23.9 Å². The number of fused-ring (bicyclic) bond motifs is 1. The van der Waals surface area contributed by atoms with Gasteiger partial charge in [-0.05, 0) is 54.3 Å². The van der Waals surface area contributed by atoms with Crippen molar-refractivity contribution in [2.24, 2.45) is 0 Å². The third-order valence-electron chi connectivity index (χ3n) is 6.32. The molecule has 1 aliphatic rings. The van der Waals surface area contributed by atoms with Gasteiger partial charge < -0.3 is 19.4 Å². The Bertz CT molecular complexity index is 1380. The molecule has 1 atom stereocenters. The number of nitrogens with one attached hydrogen (secondary N) is 1. The van der Waals surface area contributed by atoms with Crippen LogP contribution in [-0.4, -0.2) is 28.2 Å². The molecule has 7 nitrogen and oxygen atoms in total. The highest BCUT2D eigenvalue weighted by Gasteiger charge is 2.30. The second-order valence-electron chi connectivity index (χ2n) is 8.87. The molecule has 36 heavy (non-hydrogen) atoms. The lowest BCUT2D eigenvalue weighted by Crippen LogP contribution is -2.39. The van der Waals surface area contributed by atoms with Gasteiger partial charge >= 0.3 is 0 Å². The fourth-order valence-electron chi connectivity index (χ4n) is 4.47. The number of rotatable bonds is 6. The van der Waals surface area contributed by atoms with Crippen LogP contribution in [0.15, 0.2) is 83.5 Å². The van der Waals surface area contributed by atoms with Crippen LogP contribution in [0.25, 0.3) is 0 Å². The Hall–Kier alpha value is -4.39. The van der Waals surface area contributed by atoms with Crippen LogP contribution >= 0.6 is 0 Å². The van der Waals surface area contributed by atoms with Crippen LogP contribution in [-0.2, 0) is 17.8 Å². The van der Waals surface area contributed by atoms with Gasteiger partial charge in [0.1, 0.15) is 12.0 Å². The molecular weight excluding hydrogens is 454 g/mol. The lowest BCUT2D eigenvalue weighted by molar-refractivity contribution is -0.130. The molecule has 0 saturated heterocycles. The minimum absolute atomic E-state index is 0.0404. The highest BCUT2D eigenvalue weighted by atomic mass is 16.5. The molecule has 0 spiro atoms. The first kappa shape index (κ1) is 23.4. The number of amides is 2. The smallest absolute Gasteiger partial charge is 0.277 e. The van der Waals surface area contributed by atoms with E-state index in [-0.39, 0.29) is 30.2 Å². The minimum atomic E-state index is -0.352. The molecule has 182 valence electrons. The zero-order valence-electron chi connectivity index (χ0n) is 20.2. The van der Waals surface area contributed by atoms with Gasteiger partial charge in [0.05, 0.1) is 6.04 Å². The predicted octanol–water partition coefficient (Wildman–Crippen LogP) is 5.31. The van der Waals surface area contributed by atoms with Crippen LogP contribution in [0.5, 0.6) is 5.75 Å². The molecule has 0 aliphatic carbocycles. The summed E-state index contributed by atoms with van der Waals surface area (Å²) in [6.07, 6.45) is 2.11. The quantitative estimate of drug-likeness (QED) is 0.404. The first-order chi connectivity index (χ1) is 17.5. The van der Waals surface area contributed by atoms with Gasteiger partial charge in [-0.25, -0.2) is 4.98 Å². The maximum absolute atomic E-state index is 12.5. The fourth-order valence-corrected chi connectivity index (χ4v) is 4.47. The average molecular weight is 482 g/mol. The van der Waals surface area contributed by atoms with Crippen LogP contribution in [0.3, 0.4) is 0 Å². The molecule has 5 rings (SSSR count). The molecule has 2 amide bonds. The average Bonchev–Trinajstić information content (AvgIpc) is 3.37. The monoisotopic (exact) mass is 481 g/mol. The van der Waals surface area contributed by atoms with E-state index in [0.717, 1.165) is 17.5 Å². The number of ether oxygens (including phenoxy) is 1. The Balaban J connectivity index is 1.32. The van der Waals surface area contributed by atoms with Crippen molar-refractivity contribution in [1.82, 2.24) is 9.88 Å². The SMILES string of the molecule is CC(=O)N1CCc2ccc(OCc3nc(C(=O)Nc4ccccc4)co3)cc2C1c1ccc(C)cc1. The zero-order valence-corrected chi connectivity index (χ0v) is 20.2. The number of nitrogens with zero attached hydrogens (tertiary/aromatic N) is 2. The number of anilines is 1. The fraction of sp³-hybridized carbons (Fsp3) is 0.207. The first-order valence-corrected chi connectivity index (χ1v) is 11.9. The van der Waals surface area contributed by atoms with Gasteiger partial charge in [-0.2, -0.15) is 0 Å². The van der Waals surface area contributed by atoms with Crippen molar-refractivity contribution < 1.29 is 18.7 Å². The molecule has 0 radical (unpaired) electrons. The summed E-state index contributed by atoms with van der Waals surface area (Å²) in [4.78, 5) is 31.1. The summed E-state index contributed by atoms with van der Waals surface area (Å²) < 4.78 is 11.4. The summed E-state index contributed by atoms with van der Waals surface area (Å²) in [5, 5.41) is 2.78. The number of oxazole rings is 1. The number of hydrogen-bond acceptors (Lipinski definition) is 5. The van der Waals surface area contributed by atoms with Gasteiger partial charge in [0.25, 0.3) is 5.91 Å². The standard InChI is InChI=1S/C29H27N3O4/c1-19-8-10-22(11-9-19)28-25-16-24(13-12-21(25)14-15-32(28)20(2)33)35-18-27-31-26(17-36-27)29(34)30-23-6-4-3-5-7-23/h3-13,16-17,28H,14-15,18H2,1-2H3,(H,30,34). The van der Waals surface area contributed by atoms with Gasteiger partial charge in [0.2, 0.25) is 11.8 Å². The molecule has 1 N–H and O–H groups in total. The van der Waals surface area contributed by atoms with E-state index >= 15 is 0 Å². The van der Waals surface area contributed by atoms with Crippen molar-refractivity contribution in [3.8, 4) is 5.75 Å². The molecule has 1 aliphatic heterocycles. The molecule has 3 aromatic carbocycles. The molecule has 1 aromatic heterocycles. The number of benzene rings is 3. The molecule has 0 fully saturated rings. The van der Waals surface area contributed by atoms with Crippen LogP contribution in [0.4, 0.5) is 5.69 Å². The van der Waals surface area contributed by atoms with Crippen molar-refractivity contribution in [3.05, 3.63) is 113 Å². The number of carbonyl (C=O) groups excluding carboxylic acids is 2. The van der Waals surface area contributed by atoms with E-state index in [1.54, 1.807) is 19.1 Å². The second-order valence-corrected chi connectivity index (χ2v) is 8.87. The molecule has 0 bridgehead atoms. The summed E-state index contributed by atoms with van der Waals surface area (Å²) >= 11 is 0. The zero-order chi connectivity index (χ0) is 25.1. The molecule has 7 heteroatoms. The lowest BCUT2D eigenvalue weighted by atomic mass is 9.87. The van der Waals surface area contributed by atoms with Crippen molar-refractivity contribution in [1.29, 1.82) is 0 Å². The number of para-hydroxylation sites is 1. The Morgan fingerprint density at radius 3 is 2.61 bits per heavy atom. The molecule has 1 unspecified atom stereocenters. The van der Waals surface area contributed by atoms with Crippen LogP contribution < -0.4 is 10.1 Å². The molecule has 2 heterocycles. The van der Waals surface area contributed by atoms with Gasteiger partial charge in [0.15, 0.2) is 12.3 Å². The summed E-state index contributed by atoms with van der Waals surface area (Å²) in [5.41, 5.74) is 5.34. The summed E-state index contributed by atoms with van der Waals surface area (Å²) in [7, 11) is 0. The van der Waals surface area contributed by atoms with Gasteiger partial charge in [-0.15, -0.1) is 0 Å². The van der Waals surface area contributed by atoms with Crippen molar-refractivity contribution in [2.45, 2.75) is 32.9 Å². The summed E-state index contributed by atoms with van der Waals surface area (Å²) in [5.74, 6) is 0.630. The lowest BCUT2D eigenvalue weighted by Gasteiger charge is -2.37. The predicted molar refractivity (Wildman–Crippen MR) is 136 cm³/mol. The van der Waals surface area contributed by atoms with Crippen molar-refractivity contribution >= 4 is 17.5 Å².